The van der Waals surface area contributed by atoms with Crippen LogP contribution in [-0.4, -0.2) is 68.2 Å². The molecule has 6 nitrogen and oxygen atoms in total. The zero-order valence-corrected chi connectivity index (χ0v) is 16.7. The lowest BCUT2D eigenvalue weighted by Crippen LogP contribution is -2.47. The fraction of sp³-hybridized carbons (Fsp3) is 0.684. The average Bonchev–Trinajstić information content (AvgIpc) is 3.11. The van der Waals surface area contributed by atoms with Crippen LogP contribution in [-0.2, 0) is 0 Å². The fourth-order valence-electron chi connectivity index (χ4n) is 3.69. The van der Waals surface area contributed by atoms with Crippen LogP contribution in [0, 0.1) is 5.92 Å². The molecule has 7 heteroatoms. The van der Waals surface area contributed by atoms with Crippen LogP contribution in [0.1, 0.15) is 26.2 Å². The quantitative estimate of drug-likeness (QED) is 0.607. The lowest BCUT2D eigenvalue weighted by atomic mass is 9.99. The maximum atomic E-state index is 6.27. The monoisotopic (exact) mass is 378 g/mol. The van der Waals surface area contributed by atoms with E-state index in [1.807, 2.05) is 19.2 Å². The third kappa shape index (κ3) is 5.24. The summed E-state index contributed by atoms with van der Waals surface area (Å²) < 4.78 is 0. The van der Waals surface area contributed by atoms with E-state index in [0.717, 1.165) is 50.3 Å². The minimum atomic E-state index is 0.357. The first-order valence-corrected chi connectivity index (χ1v) is 10.1. The van der Waals surface area contributed by atoms with Gasteiger partial charge in [0.25, 0.3) is 0 Å². The van der Waals surface area contributed by atoms with Gasteiger partial charge in [0.2, 0.25) is 0 Å². The van der Waals surface area contributed by atoms with Crippen LogP contribution in [0.25, 0.3) is 0 Å². The molecule has 144 valence electrons. The second-order valence-corrected chi connectivity index (χ2v) is 7.82. The van der Waals surface area contributed by atoms with Crippen LogP contribution in [0.15, 0.2) is 23.3 Å². The van der Waals surface area contributed by atoms with Gasteiger partial charge in [0, 0.05) is 45.5 Å². The molecule has 2 aliphatic rings. The Kier molecular flexibility index (Phi) is 6.97. The summed E-state index contributed by atoms with van der Waals surface area (Å²) in [5.41, 5.74) is 0. The van der Waals surface area contributed by atoms with Gasteiger partial charge in [0.05, 0.1) is 5.02 Å². The predicted octanol–water partition coefficient (Wildman–Crippen LogP) is 2.21. The third-order valence-electron chi connectivity index (χ3n) is 5.39. The van der Waals surface area contributed by atoms with Crippen molar-refractivity contribution in [3.63, 3.8) is 0 Å². The number of likely N-dealkylation sites (tertiary alicyclic amines) is 1. The Hall–Kier alpha value is -1.53. The van der Waals surface area contributed by atoms with Gasteiger partial charge in [-0.05, 0) is 50.4 Å². The number of anilines is 1. The predicted molar refractivity (Wildman–Crippen MR) is 109 cm³/mol. The minimum absolute atomic E-state index is 0.357. The van der Waals surface area contributed by atoms with Gasteiger partial charge >= 0.3 is 0 Å². The van der Waals surface area contributed by atoms with E-state index in [-0.39, 0.29) is 0 Å². The minimum Gasteiger partial charge on any atom is -0.355 e. The Morgan fingerprint density at radius 1 is 1.31 bits per heavy atom. The third-order valence-corrected chi connectivity index (χ3v) is 5.68. The second-order valence-electron chi connectivity index (χ2n) is 7.41. The number of nitrogens with one attached hydrogen (secondary N) is 2. The van der Waals surface area contributed by atoms with E-state index in [1.165, 1.54) is 25.9 Å². The molecule has 0 spiro atoms. The lowest BCUT2D eigenvalue weighted by molar-refractivity contribution is 0.195. The Morgan fingerprint density at radius 2 is 2.12 bits per heavy atom. The molecule has 2 aliphatic heterocycles. The summed E-state index contributed by atoms with van der Waals surface area (Å²) in [7, 11) is 1.83. The van der Waals surface area contributed by atoms with E-state index >= 15 is 0 Å². The van der Waals surface area contributed by atoms with Crippen LogP contribution in [0.4, 0.5) is 5.82 Å². The summed E-state index contributed by atoms with van der Waals surface area (Å²) >= 11 is 6.27. The van der Waals surface area contributed by atoms with Crippen molar-refractivity contribution in [1.29, 1.82) is 0 Å². The number of aromatic nitrogens is 1. The first kappa shape index (κ1) is 19.2. The van der Waals surface area contributed by atoms with E-state index < -0.39 is 0 Å². The van der Waals surface area contributed by atoms with E-state index in [2.05, 4.69) is 37.3 Å². The van der Waals surface area contributed by atoms with Gasteiger partial charge in [0.15, 0.2) is 5.96 Å². The molecule has 0 aliphatic carbocycles. The highest BCUT2D eigenvalue weighted by molar-refractivity contribution is 6.32. The van der Waals surface area contributed by atoms with Gasteiger partial charge in [-0.2, -0.15) is 0 Å². The summed E-state index contributed by atoms with van der Waals surface area (Å²) in [6, 6.07) is 4.12. The van der Waals surface area contributed by atoms with Crippen molar-refractivity contribution in [2.24, 2.45) is 10.9 Å². The largest absolute Gasteiger partial charge is 0.355 e. The van der Waals surface area contributed by atoms with Crippen LogP contribution in [0.3, 0.4) is 0 Å². The normalized spacial score (nSPS) is 22.7. The summed E-state index contributed by atoms with van der Waals surface area (Å²) in [4.78, 5) is 13.6. The molecule has 0 saturated carbocycles. The van der Waals surface area contributed by atoms with Crippen molar-refractivity contribution in [3.8, 4) is 0 Å². The number of nitrogens with zero attached hydrogens (tertiary/aromatic N) is 4. The molecule has 2 saturated heterocycles. The SMILES string of the molecule is CN=C(NCCN1CCC(C)CC1)NC1CCN(c2ncccc2Cl)C1. The number of guanidine groups is 1. The molecule has 1 aromatic heterocycles. The number of rotatable bonds is 5. The molecule has 0 bridgehead atoms. The molecular formula is C19H31ClN6. The number of hydrogen-bond acceptors (Lipinski definition) is 4. The topological polar surface area (TPSA) is 55.8 Å². The van der Waals surface area contributed by atoms with Gasteiger partial charge < -0.3 is 20.4 Å². The van der Waals surface area contributed by atoms with E-state index in [9.17, 15) is 0 Å². The molecular weight excluding hydrogens is 348 g/mol. The first-order valence-electron chi connectivity index (χ1n) is 9.70. The summed E-state index contributed by atoms with van der Waals surface area (Å²) in [6.45, 7) is 8.64. The molecule has 0 radical (unpaired) electrons. The molecule has 26 heavy (non-hydrogen) atoms. The van der Waals surface area contributed by atoms with Crippen molar-refractivity contribution in [2.75, 3.05) is 51.2 Å². The molecule has 2 N–H and O–H groups in total. The second kappa shape index (κ2) is 9.42. The molecule has 1 atom stereocenters. The summed E-state index contributed by atoms with van der Waals surface area (Å²) in [6.07, 6.45) is 5.49. The molecule has 1 unspecified atom stereocenters. The van der Waals surface area contributed by atoms with Gasteiger partial charge in [-0.1, -0.05) is 18.5 Å². The molecule has 0 aromatic carbocycles. The van der Waals surface area contributed by atoms with Crippen molar-refractivity contribution in [3.05, 3.63) is 23.4 Å². The highest BCUT2D eigenvalue weighted by Crippen LogP contribution is 2.25. The zero-order valence-electron chi connectivity index (χ0n) is 15.9. The smallest absolute Gasteiger partial charge is 0.191 e. The number of piperidine rings is 1. The Bertz CT molecular complexity index is 599. The van der Waals surface area contributed by atoms with Gasteiger partial charge in [-0.15, -0.1) is 0 Å². The lowest BCUT2D eigenvalue weighted by Gasteiger charge is -2.30. The van der Waals surface area contributed by atoms with Gasteiger partial charge in [-0.25, -0.2) is 4.98 Å². The van der Waals surface area contributed by atoms with E-state index in [1.54, 1.807) is 6.20 Å². The first-order chi connectivity index (χ1) is 12.7. The van der Waals surface area contributed by atoms with Crippen molar-refractivity contribution in [1.82, 2.24) is 20.5 Å². The van der Waals surface area contributed by atoms with Crippen molar-refractivity contribution < 1.29 is 0 Å². The maximum Gasteiger partial charge on any atom is 0.191 e. The van der Waals surface area contributed by atoms with Crippen molar-refractivity contribution >= 4 is 23.4 Å². The maximum absolute atomic E-state index is 6.27. The number of halogens is 1. The van der Waals surface area contributed by atoms with Gasteiger partial charge in [-0.3, -0.25) is 4.99 Å². The fourth-order valence-corrected chi connectivity index (χ4v) is 3.93. The van der Waals surface area contributed by atoms with Crippen LogP contribution < -0.4 is 15.5 Å². The zero-order chi connectivity index (χ0) is 18.4. The molecule has 3 heterocycles. The highest BCUT2D eigenvalue weighted by atomic mass is 35.5. The van der Waals surface area contributed by atoms with Gasteiger partial charge in [0.1, 0.15) is 5.82 Å². The Morgan fingerprint density at radius 3 is 2.85 bits per heavy atom. The summed E-state index contributed by atoms with van der Waals surface area (Å²) in [5, 5.41) is 7.71. The highest BCUT2D eigenvalue weighted by Gasteiger charge is 2.25. The number of aliphatic imine (C=N–C) groups is 1. The van der Waals surface area contributed by atoms with Crippen LogP contribution >= 0.6 is 11.6 Å². The average molecular weight is 379 g/mol. The Labute approximate surface area is 162 Å². The molecule has 0 amide bonds. The van der Waals surface area contributed by atoms with Crippen LogP contribution in [0.5, 0.6) is 0 Å². The van der Waals surface area contributed by atoms with Crippen molar-refractivity contribution in [2.45, 2.75) is 32.2 Å². The summed E-state index contributed by atoms with van der Waals surface area (Å²) in [5.74, 6) is 2.64. The standard InChI is InChI=1S/C19H31ClN6/c1-15-5-10-25(11-6-15)13-9-23-19(21-2)24-16-7-12-26(14-16)18-17(20)4-3-8-22-18/h3-4,8,15-16H,5-7,9-14H2,1-2H3,(H2,21,23,24). The number of hydrogen-bond donors (Lipinski definition) is 2. The molecule has 3 rings (SSSR count). The van der Waals surface area contributed by atoms with E-state index in [4.69, 9.17) is 11.6 Å². The van der Waals surface area contributed by atoms with E-state index in [0.29, 0.717) is 11.1 Å². The van der Waals surface area contributed by atoms with Crippen LogP contribution in [0.2, 0.25) is 5.02 Å². The molecule has 2 fully saturated rings. The number of pyridine rings is 1. The Balaban J connectivity index is 1.41. The molecule has 1 aromatic rings.